The molecule has 0 radical (unpaired) electrons. The first-order chi connectivity index (χ1) is 8.79. The quantitative estimate of drug-likeness (QED) is 0.610. The van der Waals surface area contributed by atoms with Gasteiger partial charge < -0.3 is 0 Å². The third-order valence-corrected chi connectivity index (χ3v) is 5.45. The van der Waals surface area contributed by atoms with Crippen molar-refractivity contribution in [3.05, 3.63) is 41.3 Å². The van der Waals surface area contributed by atoms with Crippen molar-refractivity contribution < 1.29 is 0 Å². The number of thiophene rings is 1. The summed E-state index contributed by atoms with van der Waals surface area (Å²) in [5.74, 6) is 0.610. The summed E-state index contributed by atoms with van der Waals surface area (Å²) in [6.07, 6.45) is 1.18. The molecule has 0 saturated carbocycles. The molecule has 3 rings (SSSR count). The zero-order valence-electron chi connectivity index (χ0n) is 10.5. The monoisotopic (exact) mass is 273 g/mol. The lowest BCUT2D eigenvalue weighted by molar-refractivity contribution is 0.738. The molecule has 0 amide bonds. The van der Waals surface area contributed by atoms with E-state index in [4.69, 9.17) is 4.98 Å². The van der Waals surface area contributed by atoms with E-state index in [-0.39, 0.29) is 0 Å². The third kappa shape index (κ3) is 1.98. The normalized spacial score (nSPS) is 13.0. The highest BCUT2D eigenvalue weighted by molar-refractivity contribution is 7.25. The summed E-state index contributed by atoms with van der Waals surface area (Å²) in [7, 11) is 0. The van der Waals surface area contributed by atoms with Crippen LogP contribution in [0.2, 0.25) is 0 Å². The molecule has 0 bridgehead atoms. The van der Waals surface area contributed by atoms with Crippen LogP contribution in [-0.4, -0.2) is 4.98 Å². The molecule has 0 aliphatic rings. The molecule has 0 fully saturated rings. The number of nitrogens with zero attached hydrogens (tertiary/aromatic N) is 1. The summed E-state index contributed by atoms with van der Waals surface area (Å²) in [4.78, 5) is 6.11. The molecule has 1 nitrogen and oxygen atoms in total. The van der Waals surface area contributed by atoms with Crippen LogP contribution < -0.4 is 0 Å². The third-order valence-electron chi connectivity index (χ3n) is 3.33. The summed E-state index contributed by atoms with van der Waals surface area (Å²) >= 11 is 3.61. The van der Waals surface area contributed by atoms with Gasteiger partial charge in [-0.3, -0.25) is 0 Å². The highest BCUT2D eigenvalue weighted by atomic mass is 32.1. The average Bonchev–Trinajstić information content (AvgIpc) is 3.03. The van der Waals surface area contributed by atoms with Gasteiger partial charge in [0.2, 0.25) is 0 Å². The van der Waals surface area contributed by atoms with Crippen LogP contribution in [0.25, 0.3) is 20.1 Å². The molecule has 0 aliphatic carbocycles. The molecule has 0 saturated heterocycles. The van der Waals surface area contributed by atoms with E-state index in [1.165, 1.54) is 26.6 Å². The maximum atomic E-state index is 4.76. The van der Waals surface area contributed by atoms with Gasteiger partial charge in [0.05, 0.1) is 15.1 Å². The van der Waals surface area contributed by atoms with Gasteiger partial charge in [0.15, 0.2) is 0 Å². The van der Waals surface area contributed by atoms with Gasteiger partial charge >= 0.3 is 0 Å². The van der Waals surface area contributed by atoms with Crippen molar-refractivity contribution in [3.8, 4) is 9.88 Å². The summed E-state index contributed by atoms with van der Waals surface area (Å²) in [5, 5.41) is 3.35. The van der Waals surface area contributed by atoms with Crippen molar-refractivity contribution in [2.24, 2.45) is 0 Å². The Labute approximate surface area is 115 Å². The van der Waals surface area contributed by atoms with Crippen molar-refractivity contribution in [1.82, 2.24) is 4.98 Å². The number of benzene rings is 1. The Hall–Kier alpha value is -1.19. The maximum absolute atomic E-state index is 4.76. The smallest absolute Gasteiger partial charge is 0.134 e. The number of para-hydroxylation sites is 1. The van der Waals surface area contributed by atoms with Crippen LogP contribution in [0, 0.1) is 0 Å². The van der Waals surface area contributed by atoms with Crippen LogP contribution >= 0.6 is 22.7 Å². The minimum Gasteiger partial charge on any atom is -0.235 e. The molecular weight excluding hydrogens is 258 g/mol. The minimum absolute atomic E-state index is 0.610. The van der Waals surface area contributed by atoms with E-state index in [0.717, 1.165) is 5.52 Å². The van der Waals surface area contributed by atoms with Gasteiger partial charge in [-0.1, -0.05) is 26.0 Å². The molecule has 0 N–H and O–H groups in total. The molecule has 1 atom stereocenters. The molecule has 3 aromatic rings. The van der Waals surface area contributed by atoms with E-state index in [0.29, 0.717) is 5.92 Å². The second-order valence-electron chi connectivity index (χ2n) is 4.50. The van der Waals surface area contributed by atoms with Crippen molar-refractivity contribution in [2.45, 2.75) is 26.2 Å². The highest BCUT2D eigenvalue weighted by Crippen LogP contribution is 2.39. The molecule has 2 aromatic heterocycles. The van der Waals surface area contributed by atoms with Gasteiger partial charge in [-0.05, 0) is 41.5 Å². The van der Waals surface area contributed by atoms with Crippen LogP contribution in [0.4, 0.5) is 0 Å². The summed E-state index contributed by atoms with van der Waals surface area (Å²) in [6.45, 7) is 4.53. The zero-order chi connectivity index (χ0) is 12.5. The molecule has 2 heterocycles. The topological polar surface area (TPSA) is 12.9 Å². The fourth-order valence-corrected chi connectivity index (χ4v) is 4.17. The first-order valence-electron chi connectivity index (χ1n) is 6.23. The van der Waals surface area contributed by atoms with Gasteiger partial charge in [0.25, 0.3) is 0 Å². The van der Waals surface area contributed by atoms with E-state index >= 15 is 0 Å². The van der Waals surface area contributed by atoms with E-state index in [2.05, 4.69) is 49.6 Å². The second-order valence-corrected chi connectivity index (χ2v) is 6.45. The highest BCUT2D eigenvalue weighted by Gasteiger charge is 2.15. The molecule has 3 heteroatoms. The molecular formula is C15H15NS2. The van der Waals surface area contributed by atoms with E-state index in [1.54, 1.807) is 11.3 Å². The molecule has 1 unspecified atom stereocenters. The molecule has 92 valence electrons. The Morgan fingerprint density at radius 3 is 2.83 bits per heavy atom. The standard InChI is InChI=1S/C15H15NS2/c1-3-10(2)11-8-9-17-14(11)15-16-12-6-4-5-7-13(12)18-15/h4-10H,3H2,1-2H3. The van der Waals surface area contributed by atoms with Crippen molar-refractivity contribution in [3.63, 3.8) is 0 Å². The van der Waals surface area contributed by atoms with Gasteiger partial charge in [-0.25, -0.2) is 4.98 Å². The Morgan fingerprint density at radius 2 is 2.06 bits per heavy atom. The number of hydrogen-bond acceptors (Lipinski definition) is 3. The van der Waals surface area contributed by atoms with Crippen LogP contribution in [0.15, 0.2) is 35.7 Å². The summed E-state index contributed by atoms with van der Waals surface area (Å²) < 4.78 is 1.27. The SMILES string of the molecule is CCC(C)c1ccsc1-c1nc2ccccc2s1. The van der Waals surface area contributed by atoms with Crippen LogP contribution in [0.5, 0.6) is 0 Å². The molecule has 1 aromatic carbocycles. The van der Waals surface area contributed by atoms with Gasteiger partial charge in [0, 0.05) is 0 Å². The van der Waals surface area contributed by atoms with Crippen LogP contribution in [0.3, 0.4) is 0 Å². The van der Waals surface area contributed by atoms with Gasteiger partial charge in [0.1, 0.15) is 5.01 Å². The Bertz CT molecular complexity index is 633. The summed E-state index contributed by atoms with van der Waals surface area (Å²) in [5.41, 5.74) is 2.56. The fraction of sp³-hybridized carbons (Fsp3) is 0.267. The van der Waals surface area contributed by atoms with Crippen molar-refractivity contribution >= 4 is 32.9 Å². The Morgan fingerprint density at radius 1 is 1.22 bits per heavy atom. The molecule has 0 aliphatic heterocycles. The fourth-order valence-electron chi connectivity index (χ4n) is 2.07. The van der Waals surface area contributed by atoms with Gasteiger partial charge in [-0.2, -0.15) is 0 Å². The predicted octanol–water partition coefficient (Wildman–Crippen LogP) is 5.54. The van der Waals surface area contributed by atoms with Gasteiger partial charge in [-0.15, -0.1) is 22.7 Å². The first kappa shape index (κ1) is 11.9. The minimum atomic E-state index is 0.610. The molecule has 0 spiro atoms. The first-order valence-corrected chi connectivity index (χ1v) is 7.92. The number of fused-ring (bicyclic) bond motifs is 1. The van der Waals surface area contributed by atoms with E-state index < -0.39 is 0 Å². The lowest BCUT2D eigenvalue weighted by atomic mass is 10.00. The number of aromatic nitrogens is 1. The zero-order valence-corrected chi connectivity index (χ0v) is 12.1. The Kier molecular flexibility index (Phi) is 3.18. The lowest BCUT2D eigenvalue weighted by Crippen LogP contribution is -1.90. The maximum Gasteiger partial charge on any atom is 0.134 e. The largest absolute Gasteiger partial charge is 0.235 e. The Balaban J connectivity index is 2.12. The van der Waals surface area contributed by atoms with E-state index in [1.807, 2.05) is 11.3 Å². The number of rotatable bonds is 3. The predicted molar refractivity (Wildman–Crippen MR) is 81.6 cm³/mol. The van der Waals surface area contributed by atoms with Crippen molar-refractivity contribution in [1.29, 1.82) is 0 Å². The van der Waals surface area contributed by atoms with Crippen molar-refractivity contribution in [2.75, 3.05) is 0 Å². The average molecular weight is 273 g/mol. The van der Waals surface area contributed by atoms with Crippen LogP contribution in [0.1, 0.15) is 31.7 Å². The lowest BCUT2D eigenvalue weighted by Gasteiger charge is -2.07. The second kappa shape index (κ2) is 4.82. The summed E-state index contributed by atoms with van der Waals surface area (Å²) in [6, 6.07) is 10.6. The van der Waals surface area contributed by atoms with E-state index in [9.17, 15) is 0 Å². The molecule has 18 heavy (non-hydrogen) atoms. The number of thiazole rings is 1. The van der Waals surface area contributed by atoms with Crippen LogP contribution in [-0.2, 0) is 0 Å². The number of hydrogen-bond donors (Lipinski definition) is 0.